The quantitative estimate of drug-likeness (QED) is 0.111. The third-order valence-electron chi connectivity index (χ3n) is 8.13. The van der Waals surface area contributed by atoms with Crippen LogP contribution in [0, 0.1) is 0 Å². The van der Waals surface area contributed by atoms with Crippen molar-refractivity contribution in [1.82, 2.24) is 29.6 Å². The highest BCUT2D eigenvalue weighted by molar-refractivity contribution is 6.11. The highest BCUT2D eigenvalue weighted by atomic mass is 16.8. The molecule has 3 aromatic carbocycles. The predicted octanol–water partition coefficient (Wildman–Crippen LogP) is 6.22. The molecule has 12 heteroatoms. The Morgan fingerprint density at radius 1 is 0.956 bits per heavy atom. The fourth-order valence-electron chi connectivity index (χ4n) is 6.13. The number of nitrogens with zero attached hydrogens (tertiary/aromatic N) is 6. The molecule has 0 spiro atoms. The molecule has 0 aliphatic heterocycles. The molecule has 230 valence electrons. The van der Waals surface area contributed by atoms with Crippen LogP contribution < -0.4 is 4.74 Å². The molecule has 7 rings (SSSR count). The van der Waals surface area contributed by atoms with Gasteiger partial charge in [-0.05, 0) is 72.2 Å². The van der Waals surface area contributed by atoms with Gasteiger partial charge >= 0.3 is 12.1 Å². The fourth-order valence-corrected chi connectivity index (χ4v) is 6.13. The molecule has 0 amide bonds. The van der Waals surface area contributed by atoms with Crippen molar-refractivity contribution in [1.29, 1.82) is 0 Å². The van der Waals surface area contributed by atoms with Crippen LogP contribution >= 0.6 is 0 Å². The molecule has 0 radical (unpaired) electrons. The van der Waals surface area contributed by atoms with Gasteiger partial charge in [-0.25, -0.2) is 9.59 Å². The molecule has 0 N–H and O–H groups in total. The Bertz CT molecular complexity index is 2050. The molecule has 0 bridgehead atoms. The highest BCUT2D eigenvalue weighted by Crippen LogP contribution is 2.31. The van der Waals surface area contributed by atoms with Gasteiger partial charge in [0, 0.05) is 17.7 Å². The summed E-state index contributed by atoms with van der Waals surface area (Å²) in [5, 5.41) is 15.5. The number of tetrazole rings is 1. The van der Waals surface area contributed by atoms with Gasteiger partial charge in [-0.3, -0.25) is 4.57 Å². The zero-order valence-electron chi connectivity index (χ0n) is 25.0. The van der Waals surface area contributed by atoms with Crippen molar-refractivity contribution < 1.29 is 28.5 Å². The first kappa shape index (κ1) is 28.5. The maximum atomic E-state index is 13.5. The standard InChI is InChI=1S/C33H32N6O6/c1-3-42-32-34-27-15-9-14-26(31(40)43-20(2)44-33(41)45-22-10-5-4-6-11-22)29(27)38(32)19-21-16-17-24-23-12-7-8-13-25(23)30-35-36-37-39(30)28(24)18-21/h7-9,12-18,20,22H,3-6,10-11,19H2,1-2H3. The molecule has 1 fully saturated rings. The zero-order valence-corrected chi connectivity index (χ0v) is 25.0. The Kier molecular flexibility index (Phi) is 7.62. The number of esters is 1. The number of ether oxygens (including phenoxy) is 4. The number of carbonyl (C=O) groups excluding carboxylic acids is 2. The summed E-state index contributed by atoms with van der Waals surface area (Å²) in [6.45, 7) is 4.08. The summed E-state index contributed by atoms with van der Waals surface area (Å²) in [5.41, 5.74) is 3.79. The van der Waals surface area contributed by atoms with Gasteiger partial charge in [-0.15, -0.1) is 5.10 Å². The predicted molar refractivity (Wildman–Crippen MR) is 165 cm³/mol. The smallest absolute Gasteiger partial charge is 0.465 e. The van der Waals surface area contributed by atoms with E-state index in [1.807, 2.05) is 54.0 Å². The maximum absolute atomic E-state index is 13.5. The summed E-state index contributed by atoms with van der Waals surface area (Å²) in [4.78, 5) is 30.5. The van der Waals surface area contributed by atoms with E-state index < -0.39 is 18.4 Å². The number of hydrogen-bond acceptors (Lipinski definition) is 10. The van der Waals surface area contributed by atoms with E-state index in [4.69, 9.17) is 18.9 Å². The molecule has 45 heavy (non-hydrogen) atoms. The van der Waals surface area contributed by atoms with Crippen molar-refractivity contribution in [3.8, 4) is 6.01 Å². The van der Waals surface area contributed by atoms with Crippen LogP contribution in [0.4, 0.5) is 4.79 Å². The van der Waals surface area contributed by atoms with Gasteiger partial charge in [0.25, 0.3) is 6.01 Å². The van der Waals surface area contributed by atoms with E-state index in [9.17, 15) is 9.59 Å². The minimum absolute atomic E-state index is 0.167. The summed E-state index contributed by atoms with van der Waals surface area (Å²) in [6.07, 6.45) is 2.63. The second-order valence-corrected chi connectivity index (χ2v) is 11.1. The molecule has 1 atom stereocenters. The monoisotopic (exact) mass is 608 g/mol. The van der Waals surface area contributed by atoms with Crippen LogP contribution in [-0.4, -0.2) is 60.7 Å². The van der Waals surface area contributed by atoms with E-state index in [1.165, 1.54) is 6.92 Å². The number of benzene rings is 3. The Labute approximate surface area is 257 Å². The second kappa shape index (κ2) is 12.0. The Balaban J connectivity index is 1.20. The molecule has 3 aromatic heterocycles. The van der Waals surface area contributed by atoms with E-state index in [0.29, 0.717) is 35.8 Å². The summed E-state index contributed by atoms with van der Waals surface area (Å²) >= 11 is 0. The molecular weight excluding hydrogens is 576 g/mol. The van der Waals surface area contributed by atoms with Gasteiger partial charge in [0.1, 0.15) is 6.10 Å². The lowest BCUT2D eigenvalue weighted by molar-refractivity contribution is -0.0914. The molecule has 1 unspecified atom stereocenters. The van der Waals surface area contributed by atoms with Crippen LogP contribution in [0.25, 0.3) is 38.4 Å². The summed E-state index contributed by atoms with van der Waals surface area (Å²) in [6, 6.07) is 19.7. The molecule has 3 heterocycles. The first-order valence-electron chi connectivity index (χ1n) is 15.2. The molecule has 1 saturated carbocycles. The Morgan fingerprint density at radius 3 is 2.60 bits per heavy atom. The molecule has 1 aliphatic carbocycles. The van der Waals surface area contributed by atoms with E-state index in [1.54, 1.807) is 16.6 Å². The first-order valence-corrected chi connectivity index (χ1v) is 15.2. The van der Waals surface area contributed by atoms with Crippen LogP contribution in [-0.2, 0) is 20.8 Å². The number of imidazole rings is 1. The van der Waals surface area contributed by atoms with Gasteiger partial charge in [-0.1, -0.05) is 48.9 Å². The Morgan fingerprint density at radius 2 is 1.78 bits per heavy atom. The SMILES string of the molecule is CCOc1nc2cccc(C(=O)OC(C)OC(=O)OC3CCCCC3)c2n1Cc1ccc2c3ccccc3c3nnnn3c2c1. The zero-order chi connectivity index (χ0) is 30.9. The summed E-state index contributed by atoms with van der Waals surface area (Å²) < 4.78 is 25.7. The average Bonchev–Trinajstić information content (AvgIpc) is 3.67. The molecule has 6 aromatic rings. The molecule has 12 nitrogen and oxygen atoms in total. The molecular formula is C33H32N6O6. The number of hydrogen-bond donors (Lipinski definition) is 0. The number of aromatic nitrogens is 6. The van der Waals surface area contributed by atoms with E-state index in [2.05, 4.69) is 26.6 Å². The third kappa shape index (κ3) is 5.47. The largest absolute Gasteiger partial charge is 0.511 e. The number of carbonyl (C=O) groups is 2. The van der Waals surface area contributed by atoms with Gasteiger partial charge < -0.3 is 18.9 Å². The number of fused-ring (bicyclic) bond motifs is 7. The van der Waals surface area contributed by atoms with Crippen molar-refractivity contribution in [2.75, 3.05) is 6.61 Å². The molecule has 0 saturated heterocycles. The molecule has 1 aliphatic rings. The summed E-state index contributed by atoms with van der Waals surface area (Å²) in [7, 11) is 0. The van der Waals surface area contributed by atoms with Crippen LogP contribution in [0.2, 0.25) is 0 Å². The maximum Gasteiger partial charge on any atom is 0.511 e. The van der Waals surface area contributed by atoms with Crippen molar-refractivity contribution >= 4 is 50.5 Å². The normalized spacial score (nSPS) is 14.6. The fraction of sp³-hybridized carbons (Fsp3) is 0.333. The average molecular weight is 609 g/mol. The minimum Gasteiger partial charge on any atom is -0.465 e. The van der Waals surface area contributed by atoms with Gasteiger partial charge in [0.15, 0.2) is 5.65 Å². The van der Waals surface area contributed by atoms with E-state index in [-0.39, 0.29) is 11.7 Å². The number of para-hydroxylation sites is 1. The van der Waals surface area contributed by atoms with Crippen molar-refractivity contribution in [2.24, 2.45) is 0 Å². The minimum atomic E-state index is -1.15. The van der Waals surface area contributed by atoms with Crippen molar-refractivity contribution in [3.63, 3.8) is 0 Å². The summed E-state index contributed by atoms with van der Waals surface area (Å²) in [5.74, 6) is -0.664. The van der Waals surface area contributed by atoms with Crippen molar-refractivity contribution in [3.05, 3.63) is 71.8 Å². The van der Waals surface area contributed by atoms with E-state index in [0.717, 1.165) is 59.3 Å². The topological polar surface area (TPSA) is 132 Å². The first-order chi connectivity index (χ1) is 22.0. The van der Waals surface area contributed by atoms with Gasteiger partial charge in [0.05, 0.1) is 35.3 Å². The third-order valence-corrected chi connectivity index (χ3v) is 8.13. The number of rotatable bonds is 8. The van der Waals surface area contributed by atoms with Gasteiger partial charge in [0.2, 0.25) is 6.29 Å². The highest BCUT2D eigenvalue weighted by Gasteiger charge is 2.25. The van der Waals surface area contributed by atoms with Crippen LogP contribution in [0.15, 0.2) is 60.7 Å². The second-order valence-electron chi connectivity index (χ2n) is 11.1. The van der Waals surface area contributed by atoms with Crippen LogP contribution in [0.3, 0.4) is 0 Å². The van der Waals surface area contributed by atoms with Crippen LogP contribution in [0.5, 0.6) is 6.01 Å². The van der Waals surface area contributed by atoms with Crippen molar-refractivity contribution in [2.45, 2.75) is 64.9 Å². The lowest BCUT2D eigenvalue weighted by Crippen LogP contribution is -2.26. The van der Waals surface area contributed by atoms with Gasteiger partial charge in [-0.2, -0.15) is 9.50 Å². The lowest BCUT2D eigenvalue weighted by atomic mass is 9.98. The van der Waals surface area contributed by atoms with Crippen LogP contribution in [0.1, 0.15) is 61.9 Å². The Hall–Kier alpha value is -5.26. The van der Waals surface area contributed by atoms with E-state index >= 15 is 0 Å². The lowest BCUT2D eigenvalue weighted by Gasteiger charge is -2.22. The number of pyridine rings is 1.